The third-order valence-electron chi connectivity index (χ3n) is 7.65. The van der Waals surface area contributed by atoms with Crippen molar-refractivity contribution in [3.05, 3.63) is 117 Å². The zero-order valence-corrected chi connectivity index (χ0v) is 30.6. The zero-order valence-electron chi connectivity index (χ0n) is 27.5. The number of halogens is 3. The quantitative estimate of drug-likeness (QED) is 0.137. The second-order valence-corrected chi connectivity index (χ2v) is 14.7. The topological polar surface area (TPSA) is 105 Å². The molecule has 0 saturated heterocycles. The van der Waals surface area contributed by atoms with Gasteiger partial charge in [-0.15, -0.1) is 0 Å². The van der Waals surface area contributed by atoms with E-state index in [0.717, 1.165) is 9.87 Å². The van der Waals surface area contributed by atoms with E-state index < -0.39 is 34.4 Å². The lowest BCUT2D eigenvalue weighted by atomic mass is 10.0. The van der Waals surface area contributed by atoms with Crippen LogP contribution in [0, 0.1) is 5.92 Å². The van der Waals surface area contributed by atoms with Crippen LogP contribution in [-0.2, 0) is 32.6 Å². The minimum Gasteiger partial charge on any atom is -0.493 e. The first kappa shape index (κ1) is 37.9. The van der Waals surface area contributed by atoms with E-state index in [1.54, 1.807) is 18.2 Å². The van der Waals surface area contributed by atoms with E-state index in [0.29, 0.717) is 32.9 Å². The SMILES string of the molecule is COc1ccc(S(=O)(=O)N(CC(=O)N(Cc2ccc(Cl)cc2Cl)[C@@H](Cc2ccccc2)C(=O)NCC(C)C)c2ccc(Cl)cc2)cc1OC. The van der Waals surface area contributed by atoms with E-state index in [-0.39, 0.29) is 35.2 Å². The molecule has 13 heteroatoms. The van der Waals surface area contributed by atoms with Gasteiger partial charge in [-0.25, -0.2) is 8.42 Å². The second-order valence-electron chi connectivity index (χ2n) is 11.6. The lowest BCUT2D eigenvalue weighted by Gasteiger charge is -2.34. The summed E-state index contributed by atoms with van der Waals surface area (Å²) in [5.74, 6) is -0.377. The summed E-state index contributed by atoms with van der Waals surface area (Å²) < 4.78 is 40.4. The molecule has 0 aliphatic carbocycles. The number of nitrogens with zero attached hydrogens (tertiary/aromatic N) is 2. The maximum Gasteiger partial charge on any atom is 0.264 e. The van der Waals surface area contributed by atoms with E-state index in [4.69, 9.17) is 44.3 Å². The van der Waals surface area contributed by atoms with Crippen molar-refractivity contribution in [1.29, 1.82) is 0 Å². The number of nitrogens with one attached hydrogen (secondary N) is 1. The number of hydrogen-bond acceptors (Lipinski definition) is 6. The largest absolute Gasteiger partial charge is 0.493 e. The van der Waals surface area contributed by atoms with Gasteiger partial charge in [0.2, 0.25) is 11.8 Å². The third kappa shape index (κ3) is 9.82. The van der Waals surface area contributed by atoms with Gasteiger partial charge in [0.25, 0.3) is 10.0 Å². The molecule has 1 N–H and O–H groups in total. The van der Waals surface area contributed by atoms with Crippen molar-refractivity contribution in [1.82, 2.24) is 10.2 Å². The van der Waals surface area contributed by atoms with Crippen molar-refractivity contribution in [3.63, 3.8) is 0 Å². The lowest BCUT2D eigenvalue weighted by Crippen LogP contribution is -2.53. The Morgan fingerprint density at radius 2 is 1.47 bits per heavy atom. The predicted octanol–water partition coefficient (Wildman–Crippen LogP) is 7.27. The highest BCUT2D eigenvalue weighted by molar-refractivity contribution is 7.92. The van der Waals surface area contributed by atoms with Gasteiger partial charge < -0.3 is 19.7 Å². The van der Waals surface area contributed by atoms with Crippen LogP contribution >= 0.6 is 34.8 Å². The predicted molar refractivity (Wildman–Crippen MR) is 194 cm³/mol. The molecular formula is C36H38Cl3N3O6S. The summed E-state index contributed by atoms with van der Waals surface area (Å²) in [4.78, 5) is 29.8. The van der Waals surface area contributed by atoms with E-state index in [2.05, 4.69) is 5.32 Å². The van der Waals surface area contributed by atoms with Gasteiger partial charge in [0.1, 0.15) is 12.6 Å². The Bertz CT molecular complexity index is 1860. The van der Waals surface area contributed by atoms with Crippen molar-refractivity contribution < 1.29 is 27.5 Å². The van der Waals surface area contributed by atoms with E-state index in [1.165, 1.54) is 61.6 Å². The number of anilines is 1. The smallest absolute Gasteiger partial charge is 0.264 e. The molecule has 4 aromatic carbocycles. The van der Waals surface area contributed by atoms with E-state index in [1.807, 2.05) is 44.2 Å². The van der Waals surface area contributed by atoms with Gasteiger partial charge in [0, 0.05) is 40.6 Å². The summed E-state index contributed by atoms with van der Waals surface area (Å²) in [6.07, 6.45) is 0.158. The molecule has 0 saturated carbocycles. The van der Waals surface area contributed by atoms with Gasteiger partial charge in [-0.2, -0.15) is 0 Å². The van der Waals surface area contributed by atoms with E-state index >= 15 is 0 Å². The summed E-state index contributed by atoms with van der Waals surface area (Å²) in [7, 11) is -1.57. The molecule has 0 aliphatic rings. The van der Waals surface area contributed by atoms with Gasteiger partial charge in [0.15, 0.2) is 11.5 Å². The highest BCUT2D eigenvalue weighted by Gasteiger charge is 2.35. The minimum atomic E-state index is -4.40. The number of methoxy groups -OCH3 is 2. The van der Waals surface area contributed by atoms with Gasteiger partial charge in [-0.1, -0.05) is 85.0 Å². The molecule has 9 nitrogen and oxygen atoms in total. The average molecular weight is 747 g/mol. The first-order valence-corrected chi connectivity index (χ1v) is 18.0. The Kier molecular flexibility index (Phi) is 13.2. The van der Waals surface area contributed by atoms with Crippen molar-refractivity contribution in [2.24, 2.45) is 5.92 Å². The Hall–Kier alpha value is -3.96. The molecule has 0 radical (unpaired) electrons. The van der Waals surface area contributed by atoms with Crippen LogP contribution in [0.1, 0.15) is 25.0 Å². The van der Waals surface area contributed by atoms with E-state index in [9.17, 15) is 18.0 Å². The maximum absolute atomic E-state index is 14.7. The minimum absolute atomic E-state index is 0.105. The van der Waals surface area contributed by atoms with Gasteiger partial charge in [0.05, 0.1) is 24.8 Å². The van der Waals surface area contributed by atoms with Crippen LogP contribution in [0.4, 0.5) is 5.69 Å². The third-order valence-corrected chi connectivity index (χ3v) is 10.3. The summed E-state index contributed by atoms with van der Waals surface area (Å²) in [5.41, 5.74) is 1.51. The van der Waals surface area contributed by atoms with Crippen LogP contribution in [0.15, 0.2) is 95.9 Å². The Morgan fingerprint density at radius 3 is 2.08 bits per heavy atom. The Labute approximate surface area is 302 Å². The van der Waals surface area contributed by atoms with Gasteiger partial charge in [-0.05, 0) is 65.6 Å². The van der Waals surface area contributed by atoms with Crippen LogP contribution in [0.25, 0.3) is 0 Å². The molecule has 49 heavy (non-hydrogen) atoms. The lowest BCUT2D eigenvalue weighted by molar-refractivity contribution is -0.140. The van der Waals surface area contributed by atoms with Crippen LogP contribution < -0.4 is 19.1 Å². The molecule has 0 heterocycles. The highest BCUT2D eigenvalue weighted by Crippen LogP contribution is 2.33. The number of benzene rings is 4. The number of ether oxygens (including phenoxy) is 2. The van der Waals surface area contributed by atoms with Crippen LogP contribution in [0.5, 0.6) is 11.5 Å². The van der Waals surface area contributed by atoms with Crippen molar-refractivity contribution in [2.75, 3.05) is 31.6 Å². The standard InChI is InChI=1S/C36H38Cl3N3O6S/c1-24(2)21-40-36(44)32(18-25-8-6-5-7-9-25)41(22-26-10-11-28(38)19-31(26)39)35(43)23-42(29-14-12-27(37)13-15-29)49(45,46)30-16-17-33(47-3)34(20-30)48-4/h5-17,19-20,24,32H,18,21-23H2,1-4H3,(H,40,44)/t32-/m0/s1. The number of rotatable bonds is 15. The first-order chi connectivity index (χ1) is 23.3. The molecule has 2 amide bonds. The number of carbonyl (C=O) groups is 2. The fraction of sp³-hybridized carbons (Fsp3) is 0.278. The van der Waals surface area contributed by atoms with Gasteiger partial charge >= 0.3 is 0 Å². The monoisotopic (exact) mass is 745 g/mol. The van der Waals surface area contributed by atoms with Crippen molar-refractivity contribution in [3.8, 4) is 11.5 Å². The molecule has 0 spiro atoms. The summed E-state index contributed by atoms with van der Waals surface area (Å²) in [6, 6.07) is 23.3. The Balaban J connectivity index is 1.84. The number of carbonyl (C=O) groups excluding carboxylic acids is 2. The van der Waals surface area contributed by atoms with Crippen LogP contribution in [0.3, 0.4) is 0 Å². The normalized spacial score (nSPS) is 11.9. The molecule has 0 fully saturated rings. The molecule has 0 aliphatic heterocycles. The molecular weight excluding hydrogens is 709 g/mol. The number of sulfonamides is 1. The molecule has 0 bridgehead atoms. The molecule has 260 valence electrons. The molecule has 4 aromatic rings. The summed E-state index contributed by atoms with van der Waals surface area (Å²) in [6.45, 7) is 3.54. The molecule has 4 rings (SSSR count). The summed E-state index contributed by atoms with van der Waals surface area (Å²) >= 11 is 18.9. The molecule has 0 unspecified atom stereocenters. The van der Waals surface area contributed by atoms with Gasteiger partial charge in [-0.3, -0.25) is 13.9 Å². The molecule has 0 aromatic heterocycles. The Morgan fingerprint density at radius 1 is 0.816 bits per heavy atom. The van der Waals surface area contributed by atoms with Crippen LogP contribution in [0.2, 0.25) is 15.1 Å². The fourth-order valence-corrected chi connectivity index (χ4v) is 7.07. The maximum atomic E-state index is 14.7. The highest BCUT2D eigenvalue weighted by atomic mass is 35.5. The molecule has 1 atom stereocenters. The number of hydrogen-bond donors (Lipinski definition) is 1. The zero-order chi connectivity index (χ0) is 35.7. The van der Waals surface area contributed by atoms with Crippen molar-refractivity contribution in [2.45, 2.75) is 37.8 Å². The average Bonchev–Trinajstić information content (AvgIpc) is 3.08. The number of amides is 2. The fourth-order valence-electron chi connectivity index (χ4n) is 5.05. The first-order valence-electron chi connectivity index (χ1n) is 15.4. The summed E-state index contributed by atoms with van der Waals surface area (Å²) in [5, 5.41) is 4.03. The van der Waals surface area contributed by atoms with Crippen LogP contribution in [-0.4, -0.2) is 58.5 Å². The van der Waals surface area contributed by atoms with Crippen molar-refractivity contribution >= 4 is 62.3 Å². The second kappa shape index (κ2) is 17.1.